The molecule has 0 bridgehead atoms. The molecule has 3 aromatic heterocycles. The molecular formula is C20H21F3N8O. The number of nitrogens with zero attached hydrogens (tertiary/aromatic N) is 5. The predicted octanol–water partition coefficient (Wildman–Crippen LogP) is 2.03. The molecule has 3 aromatic rings. The molecule has 0 radical (unpaired) electrons. The molecule has 4 N–H and O–H groups in total. The zero-order valence-corrected chi connectivity index (χ0v) is 16.9. The van der Waals surface area contributed by atoms with Crippen LogP contribution in [0.2, 0.25) is 0 Å². The number of nitrogen functional groups attached to an aromatic ring is 1. The smallest absolute Gasteiger partial charge is 0.382 e. The number of nitrogens with two attached hydrogens (primary N) is 1. The summed E-state index contributed by atoms with van der Waals surface area (Å²) in [4.78, 5) is 25.4. The van der Waals surface area contributed by atoms with Gasteiger partial charge in [-0.1, -0.05) is 0 Å². The molecule has 0 spiro atoms. The van der Waals surface area contributed by atoms with Gasteiger partial charge in [-0.05, 0) is 31.5 Å². The van der Waals surface area contributed by atoms with E-state index in [4.69, 9.17) is 5.73 Å². The topological polar surface area (TPSA) is 124 Å². The van der Waals surface area contributed by atoms with Crippen molar-refractivity contribution in [3.05, 3.63) is 42.6 Å². The monoisotopic (exact) mass is 446 g/mol. The van der Waals surface area contributed by atoms with Crippen LogP contribution in [0, 0.1) is 0 Å². The Balaban J connectivity index is 1.56. The van der Waals surface area contributed by atoms with Gasteiger partial charge in [0.1, 0.15) is 6.54 Å². The van der Waals surface area contributed by atoms with Crippen LogP contribution in [0.5, 0.6) is 0 Å². The first-order valence-corrected chi connectivity index (χ1v) is 9.98. The van der Waals surface area contributed by atoms with Crippen LogP contribution < -0.4 is 16.4 Å². The molecule has 1 fully saturated rings. The van der Waals surface area contributed by atoms with Crippen LogP contribution >= 0.6 is 0 Å². The summed E-state index contributed by atoms with van der Waals surface area (Å²) in [6.45, 7) is 0.406. The van der Waals surface area contributed by atoms with Gasteiger partial charge in [0.2, 0.25) is 0 Å². The summed E-state index contributed by atoms with van der Waals surface area (Å²) in [5, 5.41) is 9.87. The van der Waals surface area contributed by atoms with Gasteiger partial charge in [-0.15, -0.1) is 0 Å². The SMILES string of the molecule is Nc1ncc(-c2ccnc(-c3cnn(CC(F)(F)F)c3)c2)nc1C(=O)N[C@H]1CCCNC1. The summed E-state index contributed by atoms with van der Waals surface area (Å²) in [6.07, 6.45) is 2.96. The first kappa shape index (κ1) is 21.7. The molecule has 1 atom stereocenters. The largest absolute Gasteiger partial charge is 0.408 e. The lowest BCUT2D eigenvalue weighted by Crippen LogP contribution is -2.46. The molecule has 0 aromatic carbocycles. The van der Waals surface area contributed by atoms with E-state index >= 15 is 0 Å². The van der Waals surface area contributed by atoms with E-state index in [1.165, 1.54) is 24.8 Å². The fourth-order valence-electron chi connectivity index (χ4n) is 3.45. The van der Waals surface area contributed by atoms with Gasteiger partial charge >= 0.3 is 6.18 Å². The summed E-state index contributed by atoms with van der Waals surface area (Å²) in [5.74, 6) is -0.397. The molecule has 1 aliphatic heterocycles. The Kier molecular flexibility index (Phi) is 6.04. The first-order chi connectivity index (χ1) is 15.3. The summed E-state index contributed by atoms with van der Waals surface area (Å²) >= 11 is 0. The number of carbonyl (C=O) groups is 1. The van der Waals surface area contributed by atoms with E-state index in [1.807, 2.05) is 0 Å². The van der Waals surface area contributed by atoms with E-state index in [2.05, 4.69) is 30.7 Å². The van der Waals surface area contributed by atoms with Crippen LogP contribution in [0.15, 0.2) is 36.9 Å². The normalized spacial score (nSPS) is 16.7. The molecule has 9 nitrogen and oxygen atoms in total. The third-order valence-electron chi connectivity index (χ3n) is 4.97. The second-order valence-corrected chi connectivity index (χ2v) is 7.48. The zero-order valence-electron chi connectivity index (χ0n) is 16.9. The molecule has 0 saturated carbocycles. The maximum Gasteiger partial charge on any atom is 0.408 e. The van der Waals surface area contributed by atoms with Crippen molar-refractivity contribution in [2.75, 3.05) is 18.8 Å². The number of pyridine rings is 1. The number of alkyl halides is 3. The van der Waals surface area contributed by atoms with Crippen molar-refractivity contribution in [2.24, 2.45) is 0 Å². The average Bonchev–Trinajstić information content (AvgIpc) is 3.21. The zero-order chi connectivity index (χ0) is 22.7. The van der Waals surface area contributed by atoms with Crippen LogP contribution in [0.3, 0.4) is 0 Å². The fourth-order valence-corrected chi connectivity index (χ4v) is 3.45. The number of rotatable bonds is 5. The maximum atomic E-state index is 12.7. The van der Waals surface area contributed by atoms with Crippen LogP contribution in [0.25, 0.3) is 22.5 Å². The molecule has 0 unspecified atom stereocenters. The Bertz CT molecular complexity index is 1110. The quantitative estimate of drug-likeness (QED) is 0.548. The number of halogens is 3. The van der Waals surface area contributed by atoms with E-state index in [9.17, 15) is 18.0 Å². The number of piperidine rings is 1. The van der Waals surface area contributed by atoms with E-state index in [-0.39, 0.29) is 17.6 Å². The van der Waals surface area contributed by atoms with Crippen molar-refractivity contribution in [3.63, 3.8) is 0 Å². The minimum absolute atomic E-state index is 0.0118. The highest BCUT2D eigenvalue weighted by Crippen LogP contribution is 2.25. The number of anilines is 1. The lowest BCUT2D eigenvalue weighted by Gasteiger charge is -2.23. The van der Waals surface area contributed by atoms with Crippen molar-refractivity contribution >= 4 is 11.7 Å². The van der Waals surface area contributed by atoms with Gasteiger partial charge in [-0.25, -0.2) is 9.97 Å². The number of amides is 1. The van der Waals surface area contributed by atoms with Crippen molar-refractivity contribution < 1.29 is 18.0 Å². The van der Waals surface area contributed by atoms with Gasteiger partial charge in [0.25, 0.3) is 5.91 Å². The van der Waals surface area contributed by atoms with E-state index in [0.717, 1.165) is 24.1 Å². The number of hydrogen-bond acceptors (Lipinski definition) is 7. The minimum atomic E-state index is -4.37. The maximum absolute atomic E-state index is 12.7. The molecule has 1 amide bonds. The first-order valence-electron chi connectivity index (χ1n) is 9.98. The summed E-state index contributed by atoms with van der Waals surface area (Å²) < 4.78 is 38.6. The van der Waals surface area contributed by atoms with Gasteiger partial charge in [0, 0.05) is 36.1 Å². The number of carbonyl (C=O) groups excluding carboxylic acids is 1. The van der Waals surface area contributed by atoms with Crippen molar-refractivity contribution in [1.29, 1.82) is 0 Å². The summed E-state index contributed by atoms with van der Waals surface area (Å²) in [5.41, 5.74) is 7.70. The molecule has 32 heavy (non-hydrogen) atoms. The summed E-state index contributed by atoms with van der Waals surface area (Å²) in [7, 11) is 0. The lowest BCUT2D eigenvalue weighted by atomic mass is 10.1. The summed E-state index contributed by atoms with van der Waals surface area (Å²) in [6, 6.07) is 3.29. The van der Waals surface area contributed by atoms with Gasteiger partial charge in [0.05, 0.1) is 23.8 Å². The van der Waals surface area contributed by atoms with Crippen LogP contribution in [0.1, 0.15) is 23.3 Å². The number of hydrogen-bond donors (Lipinski definition) is 3. The van der Waals surface area contributed by atoms with Crippen molar-refractivity contribution in [1.82, 2.24) is 35.4 Å². The predicted molar refractivity (Wildman–Crippen MR) is 110 cm³/mol. The molecule has 168 valence electrons. The Morgan fingerprint density at radius 1 is 1.25 bits per heavy atom. The van der Waals surface area contributed by atoms with Gasteiger partial charge < -0.3 is 16.4 Å². The Morgan fingerprint density at radius 2 is 2.09 bits per heavy atom. The third kappa shape index (κ3) is 5.19. The van der Waals surface area contributed by atoms with Gasteiger partial charge in [-0.2, -0.15) is 18.3 Å². The van der Waals surface area contributed by atoms with E-state index in [0.29, 0.717) is 29.1 Å². The van der Waals surface area contributed by atoms with Crippen molar-refractivity contribution in [2.45, 2.75) is 31.6 Å². The molecular weight excluding hydrogens is 425 g/mol. The molecule has 4 heterocycles. The molecule has 12 heteroatoms. The van der Waals surface area contributed by atoms with Crippen LogP contribution in [0.4, 0.5) is 19.0 Å². The Morgan fingerprint density at radius 3 is 2.84 bits per heavy atom. The highest BCUT2D eigenvalue weighted by Gasteiger charge is 2.28. The highest BCUT2D eigenvalue weighted by molar-refractivity contribution is 5.97. The second-order valence-electron chi connectivity index (χ2n) is 7.48. The Labute approximate surface area is 181 Å². The number of nitrogens with one attached hydrogen (secondary N) is 2. The van der Waals surface area contributed by atoms with Gasteiger partial charge in [-0.3, -0.25) is 14.5 Å². The average molecular weight is 446 g/mol. The standard InChI is InChI=1S/C20H21F3N8O/c21-20(22,23)11-31-10-13(7-28-31)15-6-12(3-5-26-15)16-9-27-18(24)17(30-16)19(32)29-14-2-1-4-25-8-14/h3,5-7,9-10,14,25H,1-2,4,8,11H2,(H2,24,27)(H,29,32)/t14-/m0/s1. The minimum Gasteiger partial charge on any atom is -0.382 e. The molecule has 1 saturated heterocycles. The van der Waals surface area contributed by atoms with Crippen LogP contribution in [-0.2, 0) is 6.54 Å². The molecule has 4 rings (SSSR count). The lowest BCUT2D eigenvalue weighted by molar-refractivity contribution is -0.142. The highest BCUT2D eigenvalue weighted by atomic mass is 19.4. The second kappa shape index (κ2) is 8.91. The van der Waals surface area contributed by atoms with E-state index < -0.39 is 18.6 Å². The fraction of sp³-hybridized carbons (Fsp3) is 0.350. The van der Waals surface area contributed by atoms with Crippen molar-refractivity contribution in [3.8, 4) is 22.5 Å². The molecule has 1 aliphatic rings. The van der Waals surface area contributed by atoms with Gasteiger partial charge in [0.15, 0.2) is 11.5 Å². The third-order valence-corrected chi connectivity index (χ3v) is 4.97. The molecule has 0 aliphatic carbocycles. The van der Waals surface area contributed by atoms with E-state index in [1.54, 1.807) is 12.1 Å². The number of aromatic nitrogens is 5. The van der Waals surface area contributed by atoms with Crippen LogP contribution in [-0.4, -0.2) is 55.9 Å². The Hall–Kier alpha value is -3.54.